The van der Waals surface area contributed by atoms with Crippen molar-refractivity contribution in [3.8, 4) is 0 Å². The number of hydrogen-bond acceptors (Lipinski definition) is 5. The Morgan fingerprint density at radius 2 is 2.13 bits per heavy atom. The predicted molar refractivity (Wildman–Crippen MR) is 85.3 cm³/mol. The zero-order valence-electron chi connectivity index (χ0n) is 12.9. The van der Waals surface area contributed by atoms with Crippen LogP contribution in [0.1, 0.15) is 25.7 Å². The number of hydrogen-bond donors (Lipinski definition) is 1. The third-order valence-electron chi connectivity index (χ3n) is 4.57. The zero-order valence-corrected chi connectivity index (χ0v) is 12.9. The molecule has 0 spiro atoms. The highest BCUT2D eigenvalue weighted by Crippen LogP contribution is 2.28. The second kappa shape index (κ2) is 7.06. The molecule has 0 unspecified atom stereocenters. The lowest BCUT2D eigenvalue weighted by Crippen LogP contribution is -2.54. The lowest BCUT2D eigenvalue weighted by molar-refractivity contribution is -0.383. The highest BCUT2D eigenvalue weighted by atomic mass is 16.6. The molecule has 1 saturated heterocycles. The van der Waals surface area contributed by atoms with Crippen LogP contribution in [0.2, 0.25) is 0 Å². The van der Waals surface area contributed by atoms with Crippen LogP contribution in [0.5, 0.6) is 0 Å². The molecule has 3 rings (SSSR count). The van der Waals surface area contributed by atoms with Gasteiger partial charge in [-0.1, -0.05) is 25.0 Å². The lowest BCUT2D eigenvalue weighted by atomic mass is 9.90. The van der Waals surface area contributed by atoms with Crippen molar-refractivity contribution < 1.29 is 14.5 Å². The van der Waals surface area contributed by atoms with E-state index in [9.17, 15) is 14.9 Å². The molecule has 7 heteroatoms. The van der Waals surface area contributed by atoms with Gasteiger partial charge < -0.3 is 10.1 Å². The highest BCUT2D eigenvalue weighted by Gasteiger charge is 2.35. The number of amides is 1. The van der Waals surface area contributed by atoms with E-state index in [0.717, 1.165) is 25.8 Å². The standard InChI is InChI=1S/C16H21N3O4/c20-16(17-12-5-1-2-6-13(12)19(21)22)11-18-9-10-23-15-8-4-3-7-14(15)18/h1-2,5-6,14-15H,3-4,7-11H2,(H,17,20)/t14-,15-/m0/s1. The molecule has 1 heterocycles. The lowest BCUT2D eigenvalue weighted by Gasteiger charge is -2.43. The Bertz CT molecular complexity index is 590. The van der Waals surface area contributed by atoms with Crippen LogP contribution in [0.3, 0.4) is 0 Å². The molecule has 124 valence electrons. The van der Waals surface area contributed by atoms with Crippen molar-refractivity contribution in [3.05, 3.63) is 34.4 Å². The summed E-state index contributed by atoms with van der Waals surface area (Å²) < 4.78 is 5.80. The van der Waals surface area contributed by atoms with Gasteiger partial charge in [-0.2, -0.15) is 0 Å². The molecule has 0 bridgehead atoms. The normalized spacial score (nSPS) is 24.7. The third kappa shape index (κ3) is 3.68. The fraction of sp³-hybridized carbons (Fsp3) is 0.562. The number of carbonyl (C=O) groups excluding carboxylic acids is 1. The number of fused-ring (bicyclic) bond motifs is 1. The first kappa shape index (κ1) is 15.9. The van der Waals surface area contributed by atoms with Gasteiger partial charge in [0.2, 0.25) is 5.91 Å². The number of benzene rings is 1. The van der Waals surface area contributed by atoms with Gasteiger partial charge in [-0.15, -0.1) is 0 Å². The van der Waals surface area contributed by atoms with E-state index in [1.165, 1.54) is 12.5 Å². The summed E-state index contributed by atoms with van der Waals surface area (Å²) in [5.41, 5.74) is 0.161. The van der Waals surface area contributed by atoms with Crippen molar-refractivity contribution in [3.63, 3.8) is 0 Å². The molecular formula is C16H21N3O4. The summed E-state index contributed by atoms with van der Waals surface area (Å²) in [6, 6.07) is 6.49. The Labute approximate surface area is 134 Å². The molecule has 23 heavy (non-hydrogen) atoms. The topological polar surface area (TPSA) is 84.7 Å². The Kier molecular flexibility index (Phi) is 4.88. The molecular weight excluding hydrogens is 298 g/mol. The number of anilines is 1. The number of nitrogens with zero attached hydrogens (tertiary/aromatic N) is 2. The number of nitro benzene ring substituents is 1. The number of ether oxygens (including phenoxy) is 1. The fourth-order valence-corrected chi connectivity index (χ4v) is 3.49. The van der Waals surface area contributed by atoms with Crippen molar-refractivity contribution in [2.75, 3.05) is 25.0 Å². The monoisotopic (exact) mass is 319 g/mol. The molecule has 1 N–H and O–H groups in total. The SMILES string of the molecule is O=C(CN1CCO[C@H]2CCCC[C@@H]21)Nc1ccccc1[N+](=O)[O-]. The molecule has 7 nitrogen and oxygen atoms in total. The molecule has 1 aliphatic carbocycles. The van der Waals surface area contributed by atoms with Gasteiger partial charge in [0.15, 0.2) is 0 Å². The van der Waals surface area contributed by atoms with E-state index >= 15 is 0 Å². The molecule has 2 atom stereocenters. The quantitative estimate of drug-likeness (QED) is 0.679. The highest BCUT2D eigenvalue weighted by molar-refractivity contribution is 5.94. The molecule has 0 aromatic heterocycles. The summed E-state index contributed by atoms with van der Waals surface area (Å²) in [5, 5.41) is 13.7. The van der Waals surface area contributed by atoms with E-state index in [1.54, 1.807) is 18.2 Å². The van der Waals surface area contributed by atoms with Crippen LogP contribution in [0.15, 0.2) is 24.3 Å². The van der Waals surface area contributed by atoms with Crippen molar-refractivity contribution in [2.45, 2.75) is 37.8 Å². The average Bonchev–Trinajstić information content (AvgIpc) is 2.55. The minimum atomic E-state index is -0.485. The largest absolute Gasteiger partial charge is 0.375 e. The van der Waals surface area contributed by atoms with Crippen molar-refractivity contribution in [1.82, 2.24) is 4.90 Å². The Morgan fingerprint density at radius 3 is 2.96 bits per heavy atom. The molecule has 0 radical (unpaired) electrons. The van der Waals surface area contributed by atoms with Gasteiger partial charge in [0.05, 0.1) is 24.2 Å². The molecule has 2 fully saturated rings. The van der Waals surface area contributed by atoms with E-state index in [4.69, 9.17) is 4.74 Å². The number of carbonyl (C=O) groups is 1. The van der Waals surface area contributed by atoms with Crippen LogP contribution in [-0.4, -0.2) is 47.6 Å². The summed E-state index contributed by atoms with van der Waals surface area (Å²) in [5.74, 6) is -0.217. The summed E-state index contributed by atoms with van der Waals surface area (Å²) in [6.45, 7) is 1.61. The fourth-order valence-electron chi connectivity index (χ4n) is 3.49. The summed E-state index contributed by atoms with van der Waals surface area (Å²) in [6.07, 6.45) is 4.65. The predicted octanol–water partition coefficient (Wildman–Crippen LogP) is 2.18. The Hall–Kier alpha value is -1.99. The van der Waals surface area contributed by atoms with E-state index in [2.05, 4.69) is 10.2 Å². The van der Waals surface area contributed by atoms with Gasteiger partial charge in [0, 0.05) is 18.7 Å². The number of nitro groups is 1. The van der Waals surface area contributed by atoms with Gasteiger partial charge in [-0.25, -0.2) is 0 Å². The summed E-state index contributed by atoms with van der Waals surface area (Å²) in [7, 11) is 0. The van der Waals surface area contributed by atoms with Crippen LogP contribution in [0.25, 0.3) is 0 Å². The van der Waals surface area contributed by atoms with Crippen LogP contribution in [0.4, 0.5) is 11.4 Å². The van der Waals surface area contributed by atoms with Gasteiger partial charge in [0.1, 0.15) is 5.69 Å². The van der Waals surface area contributed by atoms with Gasteiger partial charge in [0.25, 0.3) is 5.69 Å². The minimum Gasteiger partial charge on any atom is -0.375 e. The maximum Gasteiger partial charge on any atom is 0.292 e. The first-order valence-corrected chi connectivity index (χ1v) is 8.04. The Balaban J connectivity index is 1.64. The average molecular weight is 319 g/mol. The first-order chi connectivity index (χ1) is 11.1. The van der Waals surface area contributed by atoms with Gasteiger partial charge >= 0.3 is 0 Å². The Morgan fingerprint density at radius 1 is 1.35 bits per heavy atom. The number of para-hydroxylation sites is 2. The molecule has 1 saturated carbocycles. The van der Waals surface area contributed by atoms with Crippen molar-refractivity contribution in [2.24, 2.45) is 0 Å². The smallest absolute Gasteiger partial charge is 0.292 e. The van der Waals surface area contributed by atoms with E-state index in [-0.39, 0.29) is 36.0 Å². The van der Waals surface area contributed by atoms with E-state index in [0.29, 0.717) is 6.61 Å². The zero-order chi connectivity index (χ0) is 16.2. The third-order valence-corrected chi connectivity index (χ3v) is 4.57. The minimum absolute atomic E-state index is 0.0848. The molecule has 1 aliphatic heterocycles. The summed E-state index contributed by atoms with van der Waals surface area (Å²) in [4.78, 5) is 25.0. The second-order valence-electron chi connectivity index (χ2n) is 6.05. The number of morpholine rings is 1. The molecule has 2 aliphatic rings. The molecule has 1 aromatic carbocycles. The maximum absolute atomic E-state index is 12.3. The van der Waals surface area contributed by atoms with Crippen LogP contribution < -0.4 is 5.32 Å². The van der Waals surface area contributed by atoms with E-state index in [1.807, 2.05) is 0 Å². The summed E-state index contributed by atoms with van der Waals surface area (Å²) >= 11 is 0. The van der Waals surface area contributed by atoms with Crippen LogP contribution in [0, 0.1) is 10.1 Å². The number of nitrogens with one attached hydrogen (secondary N) is 1. The molecule has 1 amide bonds. The van der Waals surface area contributed by atoms with Crippen molar-refractivity contribution in [1.29, 1.82) is 0 Å². The van der Waals surface area contributed by atoms with Gasteiger partial charge in [-0.05, 0) is 18.9 Å². The first-order valence-electron chi connectivity index (χ1n) is 8.04. The second-order valence-corrected chi connectivity index (χ2v) is 6.05. The number of rotatable bonds is 4. The van der Waals surface area contributed by atoms with Crippen molar-refractivity contribution >= 4 is 17.3 Å². The maximum atomic E-state index is 12.3. The van der Waals surface area contributed by atoms with Crippen LogP contribution >= 0.6 is 0 Å². The molecule has 1 aromatic rings. The van der Waals surface area contributed by atoms with Gasteiger partial charge in [-0.3, -0.25) is 19.8 Å². The van der Waals surface area contributed by atoms with E-state index < -0.39 is 4.92 Å². The van der Waals surface area contributed by atoms with Crippen LogP contribution in [-0.2, 0) is 9.53 Å².